The fourth-order valence-electron chi connectivity index (χ4n) is 3.20. The molecular formula is C17H26N4O5S. The molecule has 1 amide bonds. The van der Waals surface area contributed by atoms with Crippen LogP contribution in [0.2, 0.25) is 0 Å². The summed E-state index contributed by atoms with van der Waals surface area (Å²) in [5, 5.41) is 14.5. The Kier molecular flexibility index (Phi) is 6.42. The van der Waals surface area contributed by atoms with Crippen molar-refractivity contribution < 1.29 is 18.1 Å². The van der Waals surface area contributed by atoms with Gasteiger partial charge in [0.1, 0.15) is 5.69 Å². The molecule has 1 atom stereocenters. The molecule has 2 rings (SSSR count). The minimum atomic E-state index is -3.79. The van der Waals surface area contributed by atoms with Gasteiger partial charge in [-0.15, -0.1) is 0 Å². The van der Waals surface area contributed by atoms with E-state index in [0.29, 0.717) is 6.54 Å². The minimum Gasteiger partial charge on any atom is -0.374 e. The van der Waals surface area contributed by atoms with Crippen LogP contribution in [0.4, 0.5) is 11.4 Å². The smallest absolute Gasteiger partial charge is 0.293 e. The molecule has 1 fully saturated rings. The summed E-state index contributed by atoms with van der Waals surface area (Å²) in [5.41, 5.74) is -0.111. The second kappa shape index (κ2) is 8.22. The zero-order valence-corrected chi connectivity index (χ0v) is 16.8. The van der Waals surface area contributed by atoms with E-state index in [1.165, 1.54) is 16.4 Å². The zero-order chi connectivity index (χ0) is 20.4. The van der Waals surface area contributed by atoms with Gasteiger partial charge in [-0.1, -0.05) is 13.8 Å². The van der Waals surface area contributed by atoms with Gasteiger partial charge in [-0.2, -0.15) is 4.31 Å². The van der Waals surface area contributed by atoms with Crippen LogP contribution in [0.25, 0.3) is 0 Å². The van der Waals surface area contributed by atoms with Crippen molar-refractivity contribution in [3.8, 4) is 0 Å². The quantitative estimate of drug-likeness (QED) is 0.530. The van der Waals surface area contributed by atoms with E-state index in [1.54, 1.807) is 18.7 Å². The number of sulfonamides is 1. The van der Waals surface area contributed by atoms with Gasteiger partial charge in [0, 0.05) is 38.2 Å². The highest BCUT2D eigenvalue weighted by Crippen LogP contribution is 2.31. The fraction of sp³-hybridized carbons (Fsp3) is 0.588. The van der Waals surface area contributed by atoms with Crippen LogP contribution in [0.1, 0.15) is 34.1 Å². The summed E-state index contributed by atoms with van der Waals surface area (Å²) in [5.74, 6) is -0.00844. The van der Waals surface area contributed by atoms with Gasteiger partial charge in [0.05, 0.1) is 15.9 Å². The lowest BCUT2D eigenvalue weighted by Gasteiger charge is -2.21. The molecule has 0 spiro atoms. The number of carbonyl (C=O) groups is 1. The first-order valence-corrected chi connectivity index (χ1v) is 10.4. The lowest BCUT2D eigenvalue weighted by molar-refractivity contribution is -0.384. The molecule has 1 saturated heterocycles. The zero-order valence-electron chi connectivity index (χ0n) is 16.0. The fourth-order valence-corrected chi connectivity index (χ4v) is 4.68. The van der Waals surface area contributed by atoms with Crippen molar-refractivity contribution in [1.29, 1.82) is 0 Å². The van der Waals surface area contributed by atoms with Crippen molar-refractivity contribution in [2.24, 2.45) is 0 Å². The van der Waals surface area contributed by atoms with E-state index >= 15 is 0 Å². The number of nitro benzene ring substituents is 1. The Morgan fingerprint density at radius 2 is 1.96 bits per heavy atom. The van der Waals surface area contributed by atoms with E-state index in [2.05, 4.69) is 5.32 Å². The monoisotopic (exact) mass is 398 g/mol. The van der Waals surface area contributed by atoms with E-state index in [1.807, 2.05) is 13.8 Å². The van der Waals surface area contributed by atoms with E-state index in [9.17, 15) is 23.3 Å². The number of rotatable bonds is 8. The molecule has 1 N–H and O–H groups in total. The molecule has 0 aliphatic carbocycles. The van der Waals surface area contributed by atoms with Gasteiger partial charge in [0.2, 0.25) is 15.9 Å². The summed E-state index contributed by atoms with van der Waals surface area (Å²) in [6.45, 7) is 8.26. The van der Waals surface area contributed by atoms with Crippen LogP contribution in [0.3, 0.4) is 0 Å². The number of anilines is 1. The Bertz CT molecular complexity index is 821. The van der Waals surface area contributed by atoms with E-state index < -0.39 is 14.9 Å². The Morgan fingerprint density at radius 1 is 1.33 bits per heavy atom. The van der Waals surface area contributed by atoms with Crippen LogP contribution in [-0.4, -0.2) is 60.2 Å². The minimum absolute atomic E-state index is 0.00844. The summed E-state index contributed by atoms with van der Waals surface area (Å²) in [7, 11) is -3.79. The summed E-state index contributed by atoms with van der Waals surface area (Å²) in [4.78, 5) is 24.5. The lowest BCUT2D eigenvalue weighted by Crippen LogP contribution is -2.33. The third kappa shape index (κ3) is 4.38. The normalized spacial score (nSPS) is 17.8. The number of benzene rings is 1. The molecule has 9 nitrogen and oxygen atoms in total. The number of hydrogen-bond acceptors (Lipinski definition) is 6. The molecule has 1 unspecified atom stereocenters. The van der Waals surface area contributed by atoms with Gasteiger partial charge >= 0.3 is 0 Å². The molecule has 1 aliphatic rings. The van der Waals surface area contributed by atoms with Gasteiger partial charge in [0.15, 0.2) is 0 Å². The van der Waals surface area contributed by atoms with Crippen LogP contribution in [-0.2, 0) is 14.8 Å². The molecule has 0 aromatic heterocycles. The molecule has 0 saturated carbocycles. The molecule has 1 heterocycles. The third-order valence-corrected chi connectivity index (χ3v) is 6.70. The van der Waals surface area contributed by atoms with Gasteiger partial charge in [0.25, 0.3) is 5.69 Å². The molecule has 1 aliphatic heterocycles. The van der Waals surface area contributed by atoms with E-state index in [4.69, 9.17) is 0 Å². The topological polar surface area (TPSA) is 113 Å². The summed E-state index contributed by atoms with van der Waals surface area (Å²) >= 11 is 0. The maximum atomic E-state index is 12.6. The molecule has 1 aromatic carbocycles. The van der Waals surface area contributed by atoms with Crippen molar-refractivity contribution in [2.45, 2.75) is 51.1 Å². The number of carbonyl (C=O) groups excluding carboxylic acids is 1. The third-order valence-electron chi connectivity index (χ3n) is 4.65. The molecule has 0 radical (unpaired) electrons. The second-order valence-corrected chi connectivity index (χ2v) is 8.65. The standard InChI is InChI=1S/C17H26N4O5S/c1-5-19(6-2)27(25,26)14-7-8-15(16(10-14)21(23)24)18-13-9-17(22)20(11-13)12(3)4/h7-8,10,12-13,18H,5-6,9,11H2,1-4H3. The summed E-state index contributed by atoms with van der Waals surface area (Å²) in [6, 6.07) is 3.63. The van der Waals surface area contributed by atoms with Gasteiger partial charge in [-0.05, 0) is 26.0 Å². The van der Waals surface area contributed by atoms with Crippen LogP contribution in [0.5, 0.6) is 0 Å². The van der Waals surface area contributed by atoms with Crippen molar-refractivity contribution in [1.82, 2.24) is 9.21 Å². The van der Waals surface area contributed by atoms with Crippen molar-refractivity contribution in [3.05, 3.63) is 28.3 Å². The Hall–Kier alpha value is -2.20. The Morgan fingerprint density at radius 3 is 2.44 bits per heavy atom. The highest BCUT2D eigenvalue weighted by molar-refractivity contribution is 7.89. The van der Waals surface area contributed by atoms with Gasteiger partial charge in [-0.25, -0.2) is 8.42 Å². The van der Waals surface area contributed by atoms with Crippen molar-refractivity contribution >= 4 is 27.3 Å². The van der Waals surface area contributed by atoms with Crippen LogP contribution in [0, 0.1) is 10.1 Å². The van der Waals surface area contributed by atoms with E-state index in [0.717, 1.165) is 6.07 Å². The predicted molar refractivity (Wildman–Crippen MR) is 102 cm³/mol. The van der Waals surface area contributed by atoms with Crippen molar-refractivity contribution in [2.75, 3.05) is 25.0 Å². The number of nitrogens with zero attached hydrogens (tertiary/aromatic N) is 3. The number of amides is 1. The first-order chi connectivity index (χ1) is 12.6. The second-order valence-electron chi connectivity index (χ2n) is 6.71. The highest BCUT2D eigenvalue weighted by atomic mass is 32.2. The van der Waals surface area contributed by atoms with Crippen LogP contribution < -0.4 is 5.32 Å². The average molecular weight is 398 g/mol. The maximum Gasteiger partial charge on any atom is 0.293 e. The SMILES string of the molecule is CCN(CC)S(=O)(=O)c1ccc(NC2CC(=O)N(C(C)C)C2)c([N+](=O)[O-])c1. The first kappa shape index (κ1) is 21.1. The Labute approximate surface area is 159 Å². The summed E-state index contributed by atoms with van der Waals surface area (Å²) < 4.78 is 26.5. The number of nitro groups is 1. The predicted octanol–water partition coefficient (Wildman–Crippen LogP) is 2.05. The van der Waals surface area contributed by atoms with Gasteiger partial charge < -0.3 is 10.2 Å². The maximum absolute atomic E-state index is 12.6. The van der Waals surface area contributed by atoms with Crippen LogP contribution >= 0.6 is 0 Å². The number of likely N-dealkylation sites (tertiary alicyclic amines) is 1. The first-order valence-electron chi connectivity index (χ1n) is 8.96. The Balaban J connectivity index is 2.32. The van der Waals surface area contributed by atoms with Crippen molar-refractivity contribution in [3.63, 3.8) is 0 Å². The number of nitrogens with one attached hydrogen (secondary N) is 1. The molecule has 150 valence electrons. The molecule has 1 aromatic rings. The number of hydrogen-bond donors (Lipinski definition) is 1. The van der Waals surface area contributed by atoms with Crippen LogP contribution in [0.15, 0.2) is 23.1 Å². The molecule has 10 heteroatoms. The van der Waals surface area contributed by atoms with Gasteiger partial charge in [-0.3, -0.25) is 14.9 Å². The molecule has 27 heavy (non-hydrogen) atoms. The highest BCUT2D eigenvalue weighted by Gasteiger charge is 2.33. The molecular weight excluding hydrogens is 372 g/mol. The molecule has 0 bridgehead atoms. The largest absolute Gasteiger partial charge is 0.374 e. The summed E-state index contributed by atoms with van der Waals surface area (Å²) in [6.07, 6.45) is 0.245. The lowest BCUT2D eigenvalue weighted by atomic mass is 10.2. The van der Waals surface area contributed by atoms with E-state index in [-0.39, 0.29) is 53.8 Å². The average Bonchev–Trinajstić information content (AvgIpc) is 2.96.